The molecule has 1 fully saturated rings. The molecular formula is C12H18N4O4S. The van der Waals surface area contributed by atoms with Crippen LogP contribution in [0.25, 0.3) is 0 Å². The predicted octanol–water partition coefficient (Wildman–Crippen LogP) is 0.502. The number of rotatable bonds is 3. The van der Waals surface area contributed by atoms with Crippen molar-refractivity contribution in [3.63, 3.8) is 0 Å². The molecule has 1 heterocycles. The Hall–Kier alpha value is -1.71. The molecule has 21 heavy (non-hydrogen) atoms. The molecule has 0 amide bonds. The second-order valence-corrected chi connectivity index (χ2v) is 7.10. The summed E-state index contributed by atoms with van der Waals surface area (Å²) in [5.74, 6) is 0. The molecule has 1 aliphatic rings. The Morgan fingerprint density at radius 2 is 2.05 bits per heavy atom. The lowest BCUT2D eigenvalue weighted by Gasteiger charge is -2.37. The van der Waals surface area contributed by atoms with Crippen LogP contribution < -0.4 is 5.73 Å². The first-order valence-corrected chi connectivity index (χ1v) is 7.92. The summed E-state index contributed by atoms with van der Waals surface area (Å²) in [4.78, 5) is 12.2. The van der Waals surface area contributed by atoms with Gasteiger partial charge in [0.15, 0.2) is 0 Å². The molecule has 1 aliphatic heterocycles. The van der Waals surface area contributed by atoms with E-state index in [1.54, 1.807) is 0 Å². The minimum absolute atomic E-state index is 0.0506. The maximum Gasteiger partial charge on any atom is 0.293 e. The third-order valence-corrected chi connectivity index (χ3v) is 5.58. The number of nitrogen functional groups attached to an aromatic ring is 1. The number of nitrogens with two attached hydrogens (primary N) is 1. The zero-order valence-electron chi connectivity index (χ0n) is 11.9. The molecule has 1 aromatic rings. The Balaban J connectivity index is 2.40. The zero-order chi connectivity index (χ0) is 15.8. The average molecular weight is 314 g/mol. The van der Waals surface area contributed by atoms with E-state index in [1.165, 1.54) is 16.4 Å². The van der Waals surface area contributed by atoms with Gasteiger partial charge >= 0.3 is 0 Å². The molecule has 0 bridgehead atoms. The second-order valence-electron chi connectivity index (χ2n) is 5.20. The van der Waals surface area contributed by atoms with Crippen molar-refractivity contribution in [3.8, 4) is 0 Å². The smallest absolute Gasteiger partial charge is 0.293 e. The highest BCUT2D eigenvalue weighted by molar-refractivity contribution is 7.89. The molecule has 0 aromatic heterocycles. The molecule has 8 nitrogen and oxygen atoms in total. The highest BCUT2D eigenvalue weighted by atomic mass is 32.2. The van der Waals surface area contributed by atoms with E-state index in [0.29, 0.717) is 19.6 Å². The Bertz CT molecular complexity index is 661. The SMILES string of the molecule is CC1CN(C)CCN1S(=O)(=O)c1ccc(N)c([N+](=O)[O-])c1. The maximum atomic E-state index is 12.6. The van der Waals surface area contributed by atoms with E-state index in [4.69, 9.17) is 5.73 Å². The van der Waals surface area contributed by atoms with Crippen LogP contribution in [0.15, 0.2) is 23.1 Å². The van der Waals surface area contributed by atoms with Crippen molar-refractivity contribution in [2.75, 3.05) is 32.4 Å². The Kier molecular flexibility index (Phi) is 4.17. The van der Waals surface area contributed by atoms with Crippen LogP contribution in [-0.4, -0.2) is 55.3 Å². The van der Waals surface area contributed by atoms with E-state index < -0.39 is 20.6 Å². The number of nitrogens with zero attached hydrogens (tertiary/aromatic N) is 3. The van der Waals surface area contributed by atoms with Gasteiger partial charge in [-0.1, -0.05) is 0 Å². The van der Waals surface area contributed by atoms with Crippen molar-refractivity contribution < 1.29 is 13.3 Å². The van der Waals surface area contributed by atoms with Crippen LogP contribution in [0.1, 0.15) is 6.92 Å². The van der Waals surface area contributed by atoms with E-state index in [9.17, 15) is 18.5 Å². The van der Waals surface area contributed by atoms with Gasteiger partial charge in [-0.15, -0.1) is 0 Å². The third kappa shape index (κ3) is 2.99. The number of hydrogen-bond donors (Lipinski definition) is 1. The quantitative estimate of drug-likeness (QED) is 0.494. The van der Waals surface area contributed by atoms with Crippen molar-refractivity contribution in [1.29, 1.82) is 0 Å². The largest absolute Gasteiger partial charge is 0.393 e. The van der Waals surface area contributed by atoms with Gasteiger partial charge in [0, 0.05) is 31.7 Å². The topological polar surface area (TPSA) is 110 Å². The van der Waals surface area contributed by atoms with E-state index in [2.05, 4.69) is 0 Å². The van der Waals surface area contributed by atoms with E-state index >= 15 is 0 Å². The molecule has 1 unspecified atom stereocenters. The molecule has 0 saturated carbocycles. The van der Waals surface area contributed by atoms with Gasteiger partial charge in [-0.05, 0) is 26.1 Å². The van der Waals surface area contributed by atoms with Gasteiger partial charge in [-0.3, -0.25) is 10.1 Å². The van der Waals surface area contributed by atoms with Gasteiger partial charge in [0.1, 0.15) is 5.69 Å². The number of nitro benzene ring substituents is 1. The first-order valence-electron chi connectivity index (χ1n) is 6.48. The van der Waals surface area contributed by atoms with Crippen molar-refractivity contribution in [3.05, 3.63) is 28.3 Å². The van der Waals surface area contributed by atoms with Crippen LogP contribution in [0.4, 0.5) is 11.4 Å². The van der Waals surface area contributed by atoms with Crippen molar-refractivity contribution in [2.45, 2.75) is 17.9 Å². The lowest BCUT2D eigenvalue weighted by molar-refractivity contribution is -0.384. The van der Waals surface area contributed by atoms with E-state index in [-0.39, 0.29) is 16.6 Å². The van der Waals surface area contributed by atoms with Gasteiger partial charge in [-0.25, -0.2) is 8.42 Å². The molecule has 1 atom stereocenters. The highest BCUT2D eigenvalue weighted by Crippen LogP contribution is 2.28. The van der Waals surface area contributed by atoms with E-state index in [0.717, 1.165) is 6.07 Å². The molecule has 0 aliphatic carbocycles. The summed E-state index contributed by atoms with van der Waals surface area (Å²) in [6.45, 7) is 3.42. The van der Waals surface area contributed by atoms with E-state index in [1.807, 2.05) is 18.9 Å². The number of likely N-dealkylation sites (N-methyl/N-ethyl adjacent to an activating group) is 1. The molecule has 0 radical (unpaired) electrons. The number of anilines is 1. The fourth-order valence-corrected chi connectivity index (χ4v) is 4.09. The lowest BCUT2D eigenvalue weighted by Crippen LogP contribution is -2.52. The van der Waals surface area contributed by atoms with Crippen LogP contribution in [0.5, 0.6) is 0 Å². The van der Waals surface area contributed by atoms with Crippen LogP contribution in [0.2, 0.25) is 0 Å². The number of nitro groups is 1. The van der Waals surface area contributed by atoms with Crippen LogP contribution in [-0.2, 0) is 10.0 Å². The van der Waals surface area contributed by atoms with Gasteiger partial charge in [0.2, 0.25) is 10.0 Å². The summed E-state index contributed by atoms with van der Waals surface area (Å²) < 4.78 is 26.6. The monoisotopic (exact) mass is 314 g/mol. The summed E-state index contributed by atoms with van der Waals surface area (Å²) in [5.41, 5.74) is 5.06. The minimum atomic E-state index is -3.76. The van der Waals surface area contributed by atoms with Crippen molar-refractivity contribution >= 4 is 21.4 Å². The first-order chi connectivity index (χ1) is 9.73. The Morgan fingerprint density at radius 3 is 2.62 bits per heavy atom. The summed E-state index contributed by atoms with van der Waals surface area (Å²) in [6, 6.07) is 3.40. The molecule has 116 valence electrons. The standard InChI is InChI=1S/C12H18N4O4S/c1-9-8-14(2)5-6-15(9)21(19,20)10-3-4-11(13)12(7-10)16(17)18/h3-4,7,9H,5-6,8,13H2,1-2H3. The number of sulfonamides is 1. The summed E-state index contributed by atoms with van der Waals surface area (Å²) in [7, 11) is -1.84. The van der Waals surface area contributed by atoms with Crippen LogP contribution in [0.3, 0.4) is 0 Å². The lowest BCUT2D eigenvalue weighted by atomic mass is 10.2. The molecule has 2 rings (SSSR count). The van der Waals surface area contributed by atoms with Crippen LogP contribution >= 0.6 is 0 Å². The minimum Gasteiger partial charge on any atom is -0.393 e. The fourth-order valence-electron chi connectivity index (χ4n) is 2.46. The number of piperazine rings is 1. The summed E-state index contributed by atoms with van der Waals surface area (Å²) in [6.07, 6.45) is 0. The third-order valence-electron chi connectivity index (χ3n) is 3.57. The first kappa shape index (κ1) is 15.7. The highest BCUT2D eigenvalue weighted by Gasteiger charge is 2.33. The summed E-state index contributed by atoms with van der Waals surface area (Å²) >= 11 is 0. The molecule has 0 spiro atoms. The van der Waals surface area contributed by atoms with Gasteiger partial charge in [-0.2, -0.15) is 4.31 Å². The van der Waals surface area contributed by atoms with Gasteiger partial charge in [0.05, 0.1) is 9.82 Å². The zero-order valence-corrected chi connectivity index (χ0v) is 12.7. The summed E-state index contributed by atoms with van der Waals surface area (Å²) in [5, 5.41) is 10.9. The van der Waals surface area contributed by atoms with Gasteiger partial charge in [0.25, 0.3) is 5.69 Å². The number of hydrogen-bond acceptors (Lipinski definition) is 6. The molecule has 1 aromatic carbocycles. The Labute approximate surface area is 123 Å². The predicted molar refractivity (Wildman–Crippen MR) is 78.4 cm³/mol. The molecule has 1 saturated heterocycles. The maximum absolute atomic E-state index is 12.6. The fraction of sp³-hybridized carbons (Fsp3) is 0.500. The van der Waals surface area contributed by atoms with Gasteiger partial charge < -0.3 is 10.6 Å². The van der Waals surface area contributed by atoms with Crippen LogP contribution in [0, 0.1) is 10.1 Å². The molecule has 9 heteroatoms. The number of benzene rings is 1. The Morgan fingerprint density at radius 1 is 1.38 bits per heavy atom. The average Bonchev–Trinajstić information content (AvgIpc) is 2.38. The molecule has 2 N–H and O–H groups in total. The van der Waals surface area contributed by atoms with Crippen molar-refractivity contribution in [1.82, 2.24) is 9.21 Å². The normalized spacial score (nSPS) is 21.3. The van der Waals surface area contributed by atoms with Crippen molar-refractivity contribution in [2.24, 2.45) is 0 Å². The second kappa shape index (κ2) is 5.58. The molecular weight excluding hydrogens is 296 g/mol.